The van der Waals surface area contributed by atoms with Gasteiger partial charge in [-0.1, -0.05) is 12.8 Å². The molecule has 5 heteroatoms. The molecule has 4 rings (SSSR count). The van der Waals surface area contributed by atoms with Gasteiger partial charge in [-0.05, 0) is 58.5 Å². The van der Waals surface area contributed by atoms with Crippen molar-refractivity contribution in [2.75, 3.05) is 43.4 Å². The Hall–Kier alpha value is -1.36. The van der Waals surface area contributed by atoms with Crippen molar-refractivity contribution in [1.29, 1.82) is 0 Å². The van der Waals surface area contributed by atoms with E-state index in [-0.39, 0.29) is 0 Å². The summed E-state index contributed by atoms with van der Waals surface area (Å²) in [5.41, 5.74) is 2.74. The normalized spacial score (nSPS) is 25.4. The zero-order valence-corrected chi connectivity index (χ0v) is 15.1. The second-order valence-electron chi connectivity index (χ2n) is 7.80. The summed E-state index contributed by atoms with van der Waals surface area (Å²) in [5, 5.41) is 3.65. The highest BCUT2D eigenvalue weighted by Gasteiger charge is 2.25. The lowest BCUT2D eigenvalue weighted by atomic mass is 10.1. The molecule has 1 atom stereocenters. The number of nitrogens with zero attached hydrogens (tertiary/aromatic N) is 4. The van der Waals surface area contributed by atoms with E-state index in [1.54, 1.807) is 0 Å². The predicted molar refractivity (Wildman–Crippen MR) is 98.9 cm³/mol. The van der Waals surface area contributed by atoms with E-state index in [2.05, 4.69) is 22.2 Å². The summed E-state index contributed by atoms with van der Waals surface area (Å²) in [6.07, 6.45) is 11.3. The summed E-state index contributed by atoms with van der Waals surface area (Å²) in [6, 6.07) is 0.486. The van der Waals surface area contributed by atoms with Gasteiger partial charge in [-0.2, -0.15) is 4.98 Å². The Kier molecular flexibility index (Phi) is 4.88. The first-order valence-corrected chi connectivity index (χ1v) is 9.89. The molecule has 0 saturated carbocycles. The third kappa shape index (κ3) is 3.51. The Morgan fingerprint density at radius 3 is 2.54 bits per heavy atom. The summed E-state index contributed by atoms with van der Waals surface area (Å²) >= 11 is 0. The van der Waals surface area contributed by atoms with Crippen molar-refractivity contribution in [3.8, 4) is 0 Å². The molecule has 1 aliphatic carbocycles. The van der Waals surface area contributed by atoms with Crippen LogP contribution in [0, 0.1) is 0 Å². The fourth-order valence-electron chi connectivity index (χ4n) is 4.49. The van der Waals surface area contributed by atoms with Gasteiger partial charge in [0.25, 0.3) is 0 Å². The van der Waals surface area contributed by atoms with Crippen LogP contribution in [-0.2, 0) is 12.8 Å². The molecule has 1 N–H and O–H groups in total. The smallest absolute Gasteiger partial charge is 0.225 e. The standard InChI is InChI=1S/C19H31N5/c1-23-11-7-8-15(14-23)20-19-21-17-10-6-9-16(17)18(22-19)24-12-4-2-3-5-13-24/h15H,2-14H2,1H3,(H,20,21,22). The van der Waals surface area contributed by atoms with Gasteiger partial charge in [-0.15, -0.1) is 0 Å². The number of likely N-dealkylation sites (N-methyl/N-ethyl adjacent to an activating group) is 1. The molecule has 2 fully saturated rings. The minimum absolute atomic E-state index is 0.486. The number of rotatable bonds is 3. The van der Waals surface area contributed by atoms with Crippen LogP contribution in [0.5, 0.6) is 0 Å². The number of hydrogen-bond donors (Lipinski definition) is 1. The Bertz CT molecular complexity index is 565. The summed E-state index contributed by atoms with van der Waals surface area (Å²) < 4.78 is 0. The van der Waals surface area contributed by atoms with Gasteiger partial charge in [0.15, 0.2) is 0 Å². The van der Waals surface area contributed by atoms with E-state index in [0.717, 1.165) is 38.4 Å². The minimum atomic E-state index is 0.486. The summed E-state index contributed by atoms with van der Waals surface area (Å²) in [4.78, 5) is 14.8. The molecule has 0 amide bonds. The molecule has 132 valence electrons. The van der Waals surface area contributed by atoms with Crippen LogP contribution in [0.4, 0.5) is 11.8 Å². The molecule has 24 heavy (non-hydrogen) atoms. The molecular formula is C19H31N5. The summed E-state index contributed by atoms with van der Waals surface area (Å²) in [7, 11) is 2.21. The zero-order chi connectivity index (χ0) is 16.4. The largest absolute Gasteiger partial charge is 0.356 e. The minimum Gasteiger partial charge on any atom is -0.356 e. The van der Waals surface area contributed by atoms with Gasteiger partial charge in [-0.25, -0.2) is 4.98 Å². The van der Waals surface area contributed by atoms with Gasteiger partial charge in [-0.3, -0.25) is 0 Å². The number of aryl methyl sites for hydroxylation is 1. The van der Waals surface area contributed by atoms with E-state index in [1.807, 2.05) is 0 Å². The zero-order valence-electron chi connectivity index (χ0n) is 15.1. The Labute approximate surface area is 145 Å². The van der Waals surface area contributed by atoms with Crippen LogP contribution in [0.25, 0.3) is 0 Å². The molecule has 0 spiro atoms. The molecule has 0 radical (unpaired) electrons. The third-order valence-corrected chi connectivity index (χ3v) is 5.77. The van der Waals surface area contributed by atoms with Gasteiger partial charge in [0.2, 0.25) is 5.95 Å². The quantitative estimate of drug-likeness (QED) is 0.924. The average molecular weight is 329 g/mol. The fraction of sp³-hybridized carbons (Fsp3) is 0.789. The monoisotopic (exact) mass is 329 g/mol. The van der Waals surface area contributed by atoms with E-state index in [0.29, 0.717) is 6.04 Å². The first-order valence-electron chi connectivity index (χ1n) is 9.89. The molecule has 2 saturated heterocycles. The van der Waals surface area contributed by atoms with E-state index < -0.39 is 0 Å². The number of nitrogens with one attached hydrogen (secondary N) is 1. The highest BCUT2D eigenvalue weighted by atomic mass is 15.2. The highest BCUT2D eigenvalue weighted by Crippen LogP contribution is 2.31. The topological polar surface area (TPSA) is 44.3 Å². The van der Waals surface area contributed by atoms with Crippen molar-refractivity contribution in [2.45, 2.75) is 63.8 Å². The lowest BCUT2D eigenvalue weighted by Crippen LogP contribution is -2.40. The van der Waals surface area contributed by atoms with E-state index in [9.17, 15) is 0 Å². The number of anilines is 2. The van der Waals surface area contributed by atoms with Crippen LogP contribution in [-0.4, -0.2) is 54.1 Å². The Morgan fingerprint density at radius 2 is 1.75 bits per heavy atom. The van der Waals surface area contributed by atoms with Crippen LogP contribution in [0.15, 0.2) is 0 Å². The van der Waals surface area contributed by atoms with Crippen LogP contribution in [0.2, 0.25) is 0 Å². The van der Waals surface area contributed by atoms with Gasteiger partial charge in [0.05, 0.1) is 5.69 Å². The van der Waals surface area contributed by atoms with Crippen molar-refractivity contribution >= 4 is 11.8 Å². The molecule has 3 heterocycles. The van der Waals surface area contributed by atoms with E-state index >= 15 is 0 Å². The van der Waals surface area contributed by atoms with Gasteiger partial charge < -0.3 is 15.1 Å². The first kappa shape index (κ1) is 16.1. The molecule has 5 nitrogen and oxygen atoms in total. The fourth-order valence-corrected chi connectivity index (χ4v) is 4.49. The Morgan fingerprint density at radius 1 is 0.917 bits per heavy atom. The third-order valence-electron chi connectivity index (χ3n) is 5.77. The number of fused-ring (bicyclic) bond motifs is 1. The molecule has 1 aromatic heterocycles. The SMILES string of the molecule is CN1CCCC(Nc2nc3c(c(N4CCCCCC4)n2)CCC3)C1. The first-order chi connectivity index (χ1) is 11.8. The van der Waals surface area contributed by atoms with E-state index in [1.165, 1.54) is 68.6 Å². The summed E-state index contributed by atoms with van der Waals surface area (Å²) in [6.45, 7) is 4.63. The second-order valence-corrected chi connectivity index (χ2v) is 7.80. The maximum atomic E-state index is 5.01. The lowest BCUT2D eigenvalue weighted by Gasteiger charge is -2.31. The number of hydrogen-bond acceptors (Lipinski definition) is 5. The number of likely N-dealkylation sites (tertiary alicyclic amines) is 1. The van der Waals surface area contributed by atoms with Crippen molar-refractivity contribution < 1.29 is 0 Å². The molecule has 0 aromatic carbocycles. The van der Waals surface area contributed by atoms with Gasteiger partial charge >= 0.3 is 0 Å². The van der Waals surface area contributed by atoms with Crippen molar-refractivity contribution in [3.63, 3.8) is 0 Å². The van der Waals surface area contributed by atoms with Crippen molar-refractivity contribution in [2.24, 2.45) is 0 Å². The average Bonchev–Trinajstić information content (AvgIpc) is 2.88. The maximum absolute atomic E-state index is 5.01. The molecule has 1 aromatic rings. The number of piperidine rings is 1. The molecule has 1 unspecified atom stereocenters. The van der Waals surface area contributed by atoms with E-state index in [4.69, 9.17) is 9.97 Å². The van der Waals surface area contributed by atoms with Gasteiger partial charge in [0, 0.05) is 31.2 Å². The highest BCUT2D eigenvalue weighted by molar-refractivity contribution is 5.54. The number of aromatic nitrogens is 2. The molecular weight excluding hydrogens is 298 g/mol. The molecule has 0 bridgehead atoms. The summed E-state index contributed by atoms with van der Waals surface area (Å²) in [5.74, 6) is 2.11. The van der Waals surface area contributed by atoms with Crippen LogP contribution < -0.4 is 10.2 Å². The second kappa shape index (κ2) is 7.26. The lowest BCUT2D eigenvalue weighted by molar-refractivity contribution is 0.260. The molecule has 3 aliphatic rings. The van der Waals surface area contributed by atoms with Gasteiger partial charge in [0.1, 0.15) is 5.82 Å². The van der Waals surface area contributed by atoms with Crippen LogP contribution >= 0.6 is 0 Å². The Balaban J connectivity index is 1.57. The maximum Gasteiger partial charge on any atom is 0.225 e. The molecule has 2 aliphatic heterocycles. The van der Waals surface area contributed by atoms with Crippen molar-refractivity contribution in [3.05, 3.63) is 11.3 Å². The van der Waals surface area contributed by atoms with Crippen molar-refractivity contribution in [1.82, 2.24) is 14.9 Å². The van der Waals surface area contributed by atoms with Crippen LogP contribution in [0.1, 0.15) is 56.2 Å². The predicted octanol–water partition coefficient (Wildman–Crippen LogP) is 2.85. The van der Waals surface area contributed by atoms with Crippen LogP contribution in [0.3, 0.4) is 0 Å².